The number of methoxy groups -OCH3 is 2. The van der Waals surface area contributed by atoms with Gasteiger partial charge in [-0.05, 0) is 19.1 Å². The van der Waals surface area contributed by atoms with Crippen LogP contribution in [0.1, 0.15) is 21.5 Å². The van der Waals surface area contributed by atoms with Crippen LogP contribution in [-0.4, -0.2) is 30.1 Å². The fraction of sp³-hybridized carbons (Fsp3) is 0.200. The number of fused-ring (bicyclic) bond motifs is 3. The Morgan fingerprint density at radius 1 is 1.15 bits per heavy atom. The summed E-state index contributed by atoms with van der Waals surface area (Å²) in [7, 11) is 2.96. The van der Waals surface area contributed by atoms with Gasteiger partial charge in [-0.1, -0.05) is 0 Å². The lowest BCUT2D eigenvalue weighted by atomic mass is 10.1. The SMILES string of the molecule is COc1cnc2c(c1C)C(=O)c1c-2ccc(O)c1OC. The number of ketones is 1. The minimum Gasteiger partial charge on any atom is -0.504 e. The molecule has 5 nitrogen and oxygen atoms in total. The van der Waals surface area contributed by atoms with Gasteiger partial charge in [0.25, 0.3) is 0 Å². The van der Waals surface area contributed by atoms with Crippen molar-refractivity contribution in [2.75, 3.05) is 14.2 Å². The van der Waals surface area contributed by atoms with Gasteiger partial charge in [0.2, 0.25) is 0 Å². The molecule has 2 aromatic rings. The molecule has 0 spiro atoms. The van der Waals surface area contributed by atoms with E-state index in [1.165, 1.54) is 20.3 Å². The summed E-state index contributed by atoms with van der Waals surface area (Å²) in [6.45, 7) is 1.81. The Labute approximate surface area is 115 Å². The van der Waals surface area contributed by atoms with E-state index in [0.717, 1.165) is 5.56 Å². The van der Waals surface area contributed by atoms with E-state index in [9.17, 15) is 9.90 Å². The summed E-state index contributed by atoms with van der Waals surface area (Å²) in [5, 5.41) is 9.82. The quantitative estimate of drug-likeness (QED) is 0.774. The number of carbonyl (C=O) groups excluding carboxylic acids is 1. The number of nitrogens with zero attached hydrogens (tertiary/aromatic N) is 1. The molecule has 0 saturated carbocycles. The molecule has 0 unspecified atom stereocenters. The number of phenolic OH excluding ortho intramolecular Hbond substituents is 1. The molecule has 3 rings (SSSR count). The molecular formula is C15H13NO4. The summed E-state index contributed by atoms with van der Waals surface area (Å²) < 4.78 is 10.4. The topological polar surface area (TPSA) is 68.7 Å². The summed E-state index contributed by atoms with van der Waals surface area (Å²) in [4.78, 5) is 16.9. The predicted molar refractivity (Wildman–Crippen MR) is 72.6 cm³/mol. The fourth-order valence-corrected chi connectivity index (χ4v) is 2.60. The van der Waals surface area contributed by atoms with Crippen LogP contribution in [0.15, 0.2) is 18.3 Å². The molecule has 20 heavy (non-hydrogen) atoms. The first kappa shape index (κ1) is 12.5. The lowest BCUT2D eigenvalue weighted by Gasteiger charge is -2.07. The highest BCUT2D eigenvalue weighted by Gasteiger charge is 2.34. The third-order valence-corrected chi connectivity index (χ3v) is 3.56. The molecule has 1 heterocycles. The van der Waals surface area contributed by atoms with Crippen molar-refractivity contribution in [2.45, 2.75) is 6.92 Å². The van der Waals surface area contributed by atoms with E-state index in [-0.39, 0.29) is 17.3 Å². The molecule has 0 amide bonds. The third kappa shape index (κ3) is 1.43. The first-order valence-electron chi connectivity index (χ1n) is 6.08. The average Bonchev–Trinajstić information content (AvgIpc) is 2.73. The van der Waals surface area contributed by atoms with Crippen LogP contribution in [0.3, 0.4) is 0 Å². The van der Waals surface area contributed by atoms with E-state index in [4.69, 9.17) is 9.47 Å². The fourth-order valence-electron chi connectivity index (χ4n) is 2.60. The monoisotopic (exact) mass is 271 g/mol. The zero-order valence-corrected chi connectivity index (χ0v) is 11.4. The molecule has 5 heteroatoms. The highest BCUT2D eigenvalue weighted by Crippen LogP contribution is 2.46. The van der Waals surface area contributed by atoms with Crippen molar-refractivity contribution >= 4 is 5.78 Å². The van der Waals surface area contributed by atoms with Crippen molar-refractivity contribution in [3.63, 3.8) is 0 Å². The number of carbonyl (C=O) groups is 1. The maximum atomic E-state index is 12.6. The maximum Gasteiger partial charge on any atom is 0.200 e. The van der Waals surface area contributed by atoms with Crippen molar-refractivity contribution in [1.82, 2.24) is 4.98 Å². The summed E-state index contributed by atoms with van der Waals surface area (Å²) in [6.07, 6.45) is 1.59. The summed E-state index contributed by atoms with van der Waals surface area (Å²) in [5.74, 6) is 0.487. The van der Waals surface area contributed by atoms with Crippen LogP contribution < -0.4 is 9.47 Å². The summed E-state index contributed by atoms with van der Waals surface area (Å²) in [5.41, 5.74) is 2.86. The normalized spacial score (nSPS) is 12.1. The molecule has 1 aromatic heterocycles. The second-order valence-electron chi connectivity index (χ2n) is 4.54. The van der Waals surface area contributed by atoms with Gasteiger partial charge in [0.1, 0.15) is 5.75 Å². The van der Waals surface area contributed by atoms with Gasteiger partial charge in [-0.2, -0.15) is 0 Å². The van der Waals surface area contributed by atoms with E-state index < -0.39 is 0 Å². The number of benzene rings is 1. The number of aromatic nitrogens is 1. The minimum absolute atomic E-state index is 0.0583. The number of hydrogen-bond donors (Lipinski definition) is 1. The Hall–Kier alpha value is -2.56. The molecule has 0 aliphatic heterocycles. The second-order valence-corrected chi connectivity index (χ2v) is 4.54. The first-order valence-corrected chi connectivity index (χ1v) is 6.08. The third-order valence-electron chi connectivity index (χ3n) is 3.56. The number of ether oxygens (including phenoxy) is 2. The van der Waals surface area contributed by atoms with E-state index in [2.05, 4.69) is 4.98 Å². The highest BCUT2D eigenvalue weighted by atomic mass is 16.5. The molecule has 0 fully saturated rings. The molecular weight excluding hydrogens is 258 g/mol. The van der Waals surface area contributed by atoms with Crippen molar-refractivity contribution in [1.29, 1.82) is 0 Å². The van der Waals surface area contributed by atoms with Crippen LogP contribution in [0.4, 0.5) is 0 Å². The smallest absolute Gasteiger partial charge is 0.200 e. The number of phenols is 1. The molecule has 1 aromatic carbocycles. The van der Waals surface area contributed by atoms with Crippen LogP contribution in [0.25, 0.3) is 11.3 Å². The molecule has 0 saturated heterocycles. The van der Waals surface area contributed by atoms with Crippen LogP contribution >= 0.6 is 0 Å². The first-order chi connectivity index (χ1) is 9.60. The maximum absolute atomic E-state index is 12.6. The second kappa shape index (κ2) is 4.23. The van der Waals surface area contributed by atoms with E-state index in [0.29, 0.717) is 28.1 Å². The van der Waals surface area contributed by atoms with Gasteiger partial charge in [-0.3, -0.25) is 9.78 Å². The van der Waals surface area contributed by atoms with Gasteiger partial charge < -0.3 is 14.6 Å². The molecule has 0 bridgehead atoms. The standard InChI is InChI=1S/C15H13NO4/c1-7-10(19-2)6-16-13-8-4-5-9(17)15(20-3)12(8)14(18)11(7)13/h4-6,17H,1-3H3. The molecule has 1 N–H and O–H groups in total. The Morgan fingerprint density at radius 3 is 2.55 bits per heavy atom. The predicted octanol–water partition coefficient (Wildman–Crippen LogP) is 2.32. The lowest BCUT2D eigenvalue weighted by molar-refractivity contribution is 0.103. The van der Waals surface area contributed by atoms with Gasteiger partial charge in [0.15, 0.2) is 17.3 Å². The van der Waals surface area contributed by atoms with Crippen LogP contribution in [-0.2, 0) is 0 Å². The van der Waals surface area contributed by atoms with Crippen molar-refractivity contribution in [2.24, 2.45) is 0 Å². The van der Waals surface area contributed by atoms with Gasteiger partial charge in [-0.25, -0.2) is 0 Å². The number of rotatable bonds is 2. The summed E-state index contributed by atoms with van der Waals surface area (Å²) in [6, 6.07) is 3.18. The Morgan fingerprint density at radius 2 is 1.90 bits per heavy atom. The Kier molecular flexibility index (Phi) is 2.64. The van der Waals surface area contributed by atoms with Crippen LogP contribution in [0, 0.1) is 6.92 Å². The van der Waals surface area contributed by atoms with E-state index in [1.54, 1.807) is 12.3 Å². The largest absolute Gasteiger partial charge is 0.504 e. The highest BCUT2D eigenvalue weighted by molar-refractivity contribution is 6.23. The van der Waals surface area contributed by atoms with Gasteiger partial charge in [0.05, 0.1) is 37.2 Å². The van der Waals surface area contributed by atoms with Crippen LogP contribution in [0.5, 0.6) is 17.2 Å². The molecule has 0 radical (unpaired) electrons. The average molecular weight is 271 g/mol. The lowest BCUT2D eigenvalue weighted by Crippen LogP contribution is -2.02. The Balaban J connectivity index is 2.35. The zero-order chi connectivity index (χ0) is 14.4. The molecule has 0 atom stereocenters. The van der Waals surface area contributed by atoms with Crippen molar-refractivity contribution < 1.29 is 19.4 Å². The van der Waals surface area contributed by atoms with Crippen molar-refractivity contribution in [3.05, 3.63) is 35.0 Å². The minimum atomic E-state index is -0.202. The van der Waals surface area contributed by atoms with Gasteiger partial charge in [0, 0.05) is 11.1 Å². The Bertz CT molecular complexity index is 737. The van der Waals surface area contributed by atoms with E-state index >= 15 is 0 Å². The molecule has 1 aliphatic rings. The molecule has 102 valence electrons. The summed E-state index contributed by atoms with van der Waals surface area (Å²) >= 11 is 0. The zero-order valence-electron chi connectivity index (χ0n) is 11.4. The molecule has 1 aliphatic carbocycles. The van der Waals surface area contributed by atoms with Crippen molar-refractivity contribution in [3.8, 4) is 28.5 Å². The van der Waals surface area contributed by atoms with Gasteiger partial charge >= 0.3 is 0 Å². The number of aromatic hydroxyl groups is 1. The number of hydrogen-bond acceptors (Lipinski definition) is 5. The van der Waals surface area contributed by atoms with Crippen LogP contribution in [0.2, 0.25) is 0 Å². The van der Waals surface area contributed by atoms with Gasteiger partial charge in [-0.15, -0.1) is 0 Å². The van der Waals surface area contributed by atoms with E-state index in [1.807, 2.05) is 6.92 Å². The number of pyridine rings is 1.